The molecule has 1 unspecified atom stereocenters. The van der Waals surface area contributed by atoms with E-state index in [4.69, 9.17) is 0 Å². The molecule has 3 atom stereocenters. The molecule has 27 heavy (non-hydrogen) atoms. The first-order valence-electron chi connectivity index (χ1n) is 9.25. The molecule has 4 rings (SSSR count). The second-order valence-electron chi connectivity index (χ2n) is 7.37. The average Bonchev–Trinajstić information content (AvgIpc) is 3.37. The van der Waals surface area contributed by atoms with Crippen molar-refractivity contribution in [3.05, 3.63) is 35.4 Å². The number of aliphatic hydroxyl groups is 1. The third-order valence-corrected chi connectivity index (χ3v) is 5.50. The van der Waals surface area contributed by atoms with E-state index >= 15 is 0 Å². The number of hydrogen-bond donors (Lipinski definition) is 2. The number of alkyl halides is 1. The molecule has 1 aromatic carbocycles. The van der Waals surface area contributed by atoms with Crippen LogP contribution in [0.5, 0.6) is 0 Å². The topological polar surface area (TPSA) is 90.0 Å². The number of rotatable bonds is 5. The van der Waals surface area contributed by atoms with E-state index in [9.17, 15) is 23.9 Å². The van der Waals surface area contributed by atoms with E-state index in [1.165, 1.54) is 4.90 Å². The Morgan fingerprint density at radius 2 is 2.00 bits per heavy atom. The van der Waals surface area contributed by atoms with Gasteiger partial charge in [-0.05, 0) is 24.5 Å². The highest BCUT2D eigenvalue weighted by Crippen LogP contribution is 2.41. The summed E-state index contributed by atoms with van der Waals surface area (Å²) in [5.74, 6) is -0.997. The highest BCUT2D eigenvalue weighted by molar-refractivity contribution is 6.05. The number of hydrogen-bond acceptors (Lipinski definition) is 4. The van der Waals surface area contributed by atoms with Gasteiger partial charge in [-0.2, -0.15) is 0 Å². The van der Waals surface area contributed by atoms with Crippen LogP contribution in [0.4, 0.5) is 4.39 Å². The van der Waals surface area contributed by atoms with Crippen molar-refractivity contribution in [3.63, 3.8) is 0 Å². The summed E-state index contributed by atoms with van der Waals surface area (Å²) >= 11 is 0. The lowest BCUT2D eigenvalue weighted by atomic mass is 10.0. The standard InChI is InChI=1S/C19H22FN3O4/c20-11-7-13(10-24)22(9-11)16(25)8-21-18(26)17-14-3-1-2-4-15(14)19(27)23(17)12-5-6-12/h1-4,11-13,17,24H,5-10H2,(H,21,26)/t11-,13-,17?/m0/s1. The summed E-state index contributed by atoms with van der Waals surface area (Å²) in [6.07, 6.45) is 0.681. The molecule has 7 nitrogen and oxygen atoms in total. The summed E-state index contributed by atoms with van der Waals surface area (Å²) in [4.78, 5) is 40.7. The fraction of sp³-hybridized carbons (Fsp3) is 0.526. The third-order valence-electron chi connectivity index (χ3n) is 5.50. The zero-order chi connectivity index (χ0) is 19.1. The summed E-state index contributed by atoms with van der Waals surface area (Å²) in [7, 11) is 0. The lowest BCUT2D eigenvalue weighted by Crippen LogP contribution is -2.46. The van der Waals surface area contributed by atoms with Crippen LogP contribution < -0.4 is 5.32 Å². The van der Waals surface area contributed by atoms with Crippen molar-refractivity contribution in [2.75, 3.05) is 19.7 Å². The normalized spacial score (nSPS) is 27.0. The summed E-state index contributed by atoms with van der Waals surface area (Å²) in [6, 6.07) is 5.78. The Morgan fingerprint density at radius 1 is 1.26 bits per heavy atom. The van der Waals surface area contributed by atoms with Crippen molar-refractivity contribution in [2.24, 2.45) is 0 Å². The van der Waals surface area contributed by atoms with Crippen molar-refractivity contribution in [2.45, 2.75) is 43.6 Å². The van der Waals surface area contributed by atoms with Gasteiger partial charge < -0.3 is 20.2 Å². The van der Waals surface area contributed by atoms with Gasteiger partial charge in [0.15, 0.2) is 0 Å². The monoisotopic (exact) mass is 375 g/mol. The van der Waals surface area contributed by atoms with Gasteiger partial charge in [0.25, 0.3) is 5.91 Å². The van der Waals surface area contributed by atoms with Crippen LogP contribution in [0.25, 0.3) is 0 Å². The molecule has 3 amide bonds. The fourth-order valence-corrected chi connectivity index (χ4v) is 4.03. The van der Waals surface area contributed by atoms with E-state index in [-0.39, 0.29) is 38.1 Å². The Labute approximate surface area is 156 Å². The maximum Gasteiger partial charge on any atom is 0.255 e. The molecule has 2 aliphatic heterocycles. The van der Waals surface area contributed by atoms with Crippen LogP contribution in [-0.4, -0.2) is 70.6 Å². The second kappa shape index (κ2) is 6.92. The first kappa shape index (κ1) is 17.9. The molecule has 144 valence electrons. The Morgan fingerprint density at radius 3 is 2.70 bits per heavy atom. The first-order chi connectivity index (χ1) is 13.0. The van der Waals surface area contributed by atoms with Crippen LogP contribution in [0.1, 0.15) is 41.2 Å². The molecule has 2 N–H and O–H groups in total. The SMILES string of the molecule is O=C(NCC(=O)N1C[C@@H](F)C[C@H]1CO)C1c2ccccc2C(=O)N1C1CC1. The quantitative estimate of drug-likeness (QED) is 0.779. The molecule has 1 aromatic rings. The van der Waals surface area contributed by atoms with Crippen LogP contribution in [-0.2, 0) is 9.59 Å². The lowest BCUT2D eigenvalue weighted by Gasteiger charge is -2.26. The number of nitrogens with one attached hydrogen (secondary N) is 1. The third kappa shape index (κ3) is 3.18. The second-order valence-corrected chi connectivity index (χ2v) is 7.37. The number of carbonyl (C=O) groups is 3. The average molecular weight is 375 g/mol. The predicted octanol–water partition coefficient (Wildman–Crippen LogP) is 0.393. The van der Waals surface area contributed by atoms with E-state index < -0.39 is 30.1 Å². The van der Waals surface area contributed by atoms with E-state index in [2.05, 4.69) is 5.32 Å². The maximum atomic E-state index is 13.5. The van der Waals surface area contributed by atoms with Gasteiger partial charge in [0.05, 0.1) is 25.7 Å². The molecule has 8 heteroatoms. The molecular weight excluding hydrogens is 353 g/mol. The molecule has 2 fully saturated rings. The Hall–Kier alpha value is -2.48. The van der Waals surface area contributed by atoms with Gasteiger partial charge in [-0.1, -0.05) is 18.2 Å². The highest BCUT2D eigenvalue weighted by Gasteiger charge is 2.47. The number of carbonyl (C=O) groups excluding carboxylic acids is 3. The molecule has 2 heterocycles. The highest BCUT2D eigenvalue weighted by atomic mass is 19.1. The molecular formula is C19H22FN3O4. The molecule has 0 bridgehead atoms. The zero-order valence-electron chi connectivity index (χ0n) is 14.8. The van der Waals surface area contributed by atoms with Crippen LogP contribution >= 0.6 is 0 Å². The minimum atomic E-state index is -1.16. The van der Waals surface area contributed by atoms with Gasteiger partial charge >= 0.3 is 0 Å². The van der Waals surface area contributed by atoms with Crippen molar-refractivity contribution >= 4 is 17.7 Å². The number of likely N-dealkylation sites (tertiary alicyclic amines) is 1. The van der Waals surface area contributed by atoms with E-state index in [1.807, 2.05) is 0 Å². The smallest absolute Gasteiger partial charge is 0.255 e. The number of halogens is 1. The number of amides is 3. The Bertz CT molecular complexity index is 782. The van der Waals surface area contributed by atoms with Crippen molar-refractivity contribution in [3.8, 4) is 0 Å². The van der Waals surface area contributed by atoms with Gasteiger partial charge in [0.2, 0.25) is 11.8 Å². The van der Waals surface area contributed by atoms with Crippen molar-refractivity contribution < 1.29 is 23.9 Å². The predicted molar refractivity (Wildman–Crippen MR) is 93.5 cm³/mol. The maximum absolute atomic E-state index is 13.5. The molecule has 0 radical (unpaired) electrons. The summed E-state index contributed by atoms with van der Waals surface area (Å²) in [5.41, 5.74) is 1.17. The van der Waals surface area contributed by atoms with Gasteiger partial charge in [0.1, 0.15) is 12.2 Å². The molecule has 3 aliphatic rings. The summed E-state index contributed by atoms with van der Waals surface area (Å²) in [5, 5.41) is 11.9. The summed E-state index contributed by atoms with van der Waals surface area (Å²) in [6.45, 7) is -0.660. The van der Waals surface area contributed by atoms with E-state index in [0.717, 1.165) is 12.8 Å². The molecule has 1 saturated carbocycles. The van der Waals surface area contributed by atoms with Crippen LogP contribution in [0.3, 0.4) is 0 Å². The van der Waals surface area contributed by atoms with E-state index in [1.54, 1.807) is 29.2 Å². The number of benzene rings is 1. The first-order valence-corrected chi connectivity index (χ1v) is 9.25. The fourth-order valence-electron chi connectivity index (χ4n) is 4.03. The Balaban J connectivity index is 1.46. The largest absolute Gasteiger partial charge is 0.394 e. The molecule has 1 saturated heterocycles. The minimum Gasteiger partial charge on any atom is -0.394 e. The van der Waals surface area contributed by atoms with Crippen LogP contribution in [0, 0.1) is 0 Å². The van der Waals surface area contributed by atoms with Gasteiger partial charge in [-0.25, -0.2) is 4.39 Å². The van der Waals surface area contributed by atoms with E-state index in [0.29, 0.717) is 11.1 Å². The van der Waals surface area contributed by atoms with Gasteiger partial charge in [-0.3, -0.25) is 14.4 Å². The van der Waals surface area contributed by atoms with Gasteiger partial charge in [-0.15, -0.1) is 0 Å². The molecule has 1 aliphatic carbocycles. The Kier molecular flexibility index (Phi) is 4.59. The molecule has 0 aromatic heterocycles. The number of nitrogens with zero attached hydrogens (tertiary/aromatic N) is 2. The van der Waals surface area contributed by atoms with Crippen LogP contribution in [0.15, 0.2) is 24.3 Å². The number of fused-ring (bicyclic) bond motifs is 1. The van der Waals surface area contributed by atoms with Crippen molar-refractivity contribution in [1.29, 1.82) is 0 Å². The minimum absolute atomic E-state index is 0.0565. The number of aliphatic hydroxyl groups excluding tert-OH is 1. The summed E-state index contributed by atoms with van der Waals surface area (Å²) < 4.78 is 13.5. The zero-order valence-corrected chi connectivity index (χ0v) is 14.8. The molecule has 0 spiro atoms. The lowest BCUT2D eigenvalue weighted by molar-refractivity contribution is -0.135. The van der Waals surface area contributed by atoms with Crippen LogP contribution in [0.2, 0.25) is 0 Å². The van der Waals surface area contributed by atoms with Gasteiger partial charge in [0, 0.05) is 18.0 Å². The van der Waals surface area contributed by atoms with Crippen molar-refractivity contribution in [1.82, 2.24) is 15.1 Å².